The molecule has 316 valence electrons. The number of aromatic amines is 1. The summed E-state index contributed by atoms with van der Waals surface area (Å²) in [5.41, 5.74) is 7.28. The van der Waals surface area contributed by atoms with Gasteiger partial charge in [0.25, 0.3) is 5.91 Å². The van der Waals surface area contributed by atoms with Gasteiger partial charge in [-0.1, -0.05) is 97.5 Å². The number of imidazole rings is 1. The van der Waals surface area contributed by atoms with Crippen molar-refractivity contribution in [2.75, 3.05) is 26.9 Å². The van der Waals surface area contributed by atoms with Gasteiger partial charge in [-0.15, -0.1) is 6.58 Å². The molecule has 1 heterocycles. The first-order valence-electron chi connectivity index (χ1n) is 20.4. The van der Waals surface area contributed by atoms with Crippen LogP contribution in [0.3, 0.4) is 0 Å². The zero-order valence-electron chi connectivity index (χ0n) is 35.0. The third-order valence-electron chi connectivity index (χ3n) is 10.6. The molecule has 1 aliphatic carbocycles. The number of amides is 3. The van der Waals surface area contributed by atoms with Crippen LogP contribution in [0.5, 0.6) is 5.75 Å². The number of H-pyrrole nitrogens is 1. The second-order valence-electron chi connectivity index (χ2n) is 15.5. The number of fused-ring (bicyclic) bond motifs is 3. The van der Waals surface area contributed by atoms with Crippen LogP contribution >= 0.6 is 0 Å². The van der Waals surface area contributed by atoms with Gasteiger partial charge in [0, 0.05) is 36.2 Å². The van der Waals surface area contributed by atoms with E-state index in [0.29, 0.717) is 30.8 Å². The van der Waals surface area contributed by atoms with E-state index in [1.807, 2.05) is 48.6 Å². The van der Waals surface area contributed by atoms with Crippen molar-refractivity contribution in [1.29, 1.82) is 0 Å². The molecule has 3 atom stereocenters. The lowest BCUT2D eigenvalue weighted by Crippen LogP contribution is -2.53. The number of alkyl carbamates (subject to hydrolysis) is 1. The molecule has 0 aliphatic heterocycles. The lowest BCUT2D eigenvalue weighted by atomic mass is 9.84. The number of hydrogen-bond acceptors (Lipinski definition) is 8. The molecule has 1 aliphatic rings. The summed E-state index contributed by atoms with van der Waals surface area (Å²) in [4.78, 5) is 59.1. The summed E-state index contributed by atoms with van der Waals surface area (Å²) in [5.74, 6) is -1.29. The molecule has 5 rings (SSSR count). The van der Waals surface area contributed by atoms with Gasteiger partial charge < -0.3 is 35.1 Å². The zero-order chi connectivity index (χ0) is 42.9. The Kier molecular flexibility index (Phi) is 16.4. The summed E-state index contributed by atoms with van der Waals surface area (Å²) >= 11 is 0. The average Bonchev–Trinajstić information content (AvgIpc) is 3.89. The molecule has 3 amide bonds. The van der Waals surface area contributed by atoms with Crippen molar-refractivity contribution in [1.82, 2.24) is 25.9 Å². The minimum atomic E-state index is -1.02. The number of unbranched alkanes of at least 4 members (excludes halogenated alkanes) is 1. The molecule has 0 unspecified atom stereocenters. The number of nitrogens with one attached hydrogen (secondary N) is 4. The molecule has 0 radical (unpaired) electrons. The molecule has 0 spiro atoms. The first kappa shape index (κ1) is 44.7. The molecular formula is C48H57N5O7. The summed E-state index contributed by atoms with van der Waals surface area (Å²) in [6.07, 6.45) is 14.1. The highest BCUT2D eigenvalue weighted by molar-refractivity contribution is 5.91. The highest BCUT2D eigenvalue weighted by Gasteiger charge is 2.30. The van der Waals surface area contributed by atoms with Crippen LogP contribution in [-0.4, -0.2) is 72.8 Å². The number of aromatic nitrogens is 2. The number of nitrogens with zero attached hydrogens (tertiary/aromatic N) is 1. The van der Waals surface area contributed by atoms with Crippen molar-refractivity contribution < 1.29 is 33.4 Å². The average molecular weight is 816 g/mol. The van der Waals surface area contributed by atoms with Gasteiger partial charge >= 0.3 is 12.1 Å². The highest BCUT2D eigenvalue weighted by atomic mass is 16.5. The number of methoxy groups -OCH3 is 1. The first-order chi connectivity index (χ1) is 29.0. The lowest BCUT2D eigenvalue weighted by molar-refractivity contribution is -0.145. The summed E-state index contributed by atoms with van der Waals surface area (Å²) in [6, 6.07) is 21.6. The molecule has 0 saturated heterocycles. The Hall–Kier alpha value is -6.43. The Labute approximate surface area is 352 Å². The summed E-state index contributed by atoms with van der Waals surface area (Å²) in [6.45, 7) is 10.5. The summed E-state index contributed by atoms with van der Waals surface area (Å²) in [7, 11) is 1.24. The molecule has 3 aromatic carbocycles. The standard InChI is InChI=1S/C48H57N5O7/c1-6-48(4,25-13-14-33(2)3)26-24-34-20-22-36(23-21-34)59-31-44(54)52-42(45(55)53-43(46(56)58-5)28-35-29-49-32-51-35)19-11-12-27-50-47(57)60-30-41-39-17-9-7-15-37(39)38-16-8-10-18-40(38)41/h6-10,14-18,20-24,26,29,32,41-43H,1,11-13,19,25,27-28,30-31H2,2-5H3,(H,49,51)(H,50,57)(H,52,54)(H,53,55)/b26-24+/t42-,43-,48+/m0/s1. The highest BCUT2D eigenvalue weighted by Crippen LogP contribution is 2.44. The van der Waals surface area contributed by atoms with Gasteiger partial charge in [0.15, 0.2) is 6.61 Å². The van der Waals surface area contributed by atoms with Crippen LogP contribution in [0.2, 0.25) is 0 Å². The number of hydrogen-bond donors (Lipinski definition) is 4. The van der Waals surface area contributed by atoms with E-state index < -0.39 is 36.0 Å². The fraction of sp³-hybridized carbons (Fsp3) is 0.354. The minimum absolute atomic E-state index is 0.0551. The van der Waals surface area contributed by atoms with Crippen LogP contribution in [0.15, 0.2) is 116 Å². The number of carbonyl (C=O) groups is 4. The predicted octanol–water partition coefficient (Wildman–Crippen LogP) is 7.83. The fourth-order valence-corrected chi connectivity index (χ4v) is 7.08. The van der Waals surface area contributed by atoms with Crippen molar-refractivity contribution in [2.24, 2.45) is 5.41 Å². The van der Waals surface area contributed by atoms with Crippen molar-refractivity contribution in [2.45, 2.75) is 77.3 Å². The largest absolute Gasteiger partial charge is 0.484 e. The van der Waals surface area contributed by atoms with E-state index in [-0.39, 0.29) is 37.4 Å². The quantitative estimate of drug-likeness (QED) is 0.0355. The van der Waals surface area contributed by atoms with Crippen LogP contribution in [0.25, 0.3) is 17.2 Å². The first-order valence-corrected chi connectivity index (χ1v) is 20.4. The molecule has 0 fully saturated rings. The maximum atomic E-state index is 13.6. The van der Waals surface area contributed by atoms with E-state index in [1.54, 1.807) is 18.3 Å². The van der Waals surface area contributed by atoms with Gasteiger partial charge in [-0.25, -0.2) is 14.6 Å². The molecule has 4 aromatic rings. The third-order valence-corrected chi connectivity index (χ3v) is 10.6. The Morgan fingerprint density at radius 3 is 2.27 bits per heavy atom. The molecule has 12 nitrogen and oxygen atoms in total. The molecule has 0 saturated carbocycles. The molecule has 4 N–H and O–H groups in total. The lowest BCUT2D eigenvalue weighted by Gasteiger charge is -2.22. The number of carbonyl (C=O) groups excluding carboxylic acids is 4. The molecule has 0 bridgehead atoms. The molecule has 60 heavy (non-hydrogen) atoms. The normalized spacial score (nSPS) is 13.8. The molecular weight excluding hydrogens is 759 g/mol. The zero-order valence-corrected chi connectivity index (χ0v) is 35.0. The van der Waals surface area contributed by atoms with E-state index in [1.165, 1.54) is 19.0 Å². The number of benzene rings is 3. The molecule has 1 aromatic heterocycles. The number of esters is 1. The van der Waals surface area contributed by atoms with Crippen molar-refractivity contribution >= 4 is 30.0 Å². The van der Waals surface area contributed by atoms with Gasteiger partial charge in [0.1, 0.15) is 24.4 Å². The Morgan fingerprint density at radius 1 is 0.933 bits per heavy atom. The van der Waals surface area contributed by atoms with Crippen LogP contribution < -0.4 is 20.7 Å². The van der Waals surface area contributed by atoms with Gasteiger partial charge in [0.2, 0.25) is 5.91 Å². The maximum Gasteiger partial charge on any atom is 0.407 e. The van der Waals surface area contributed by atoms with E-state index >= 15 is 0 Å². The van der Waals surface area contributed by atoms with Gasteiger partial charge in [-0.05, 0) is 85.9 Å². The van der Waals surface area contributed by atoms with Crippen molar-refractivity contribution in [3.05, 3.63) is 138 Å². The second kappa shape index (κ2) is 22.1. The van der Waals surface area contributed by atoms with Gasteiger partial charge in [-0.3, -0.25) is 9.59 Å². The minimum Gasteiger partial charge on any atom is -0.484 e. The van der Waals surface area contributed by atoms with Gasteiger partial charge in [-0.2, -0.15) is 0 Å². The van der Waals surface area contributed by atoms with Crippen LogP contribution in [0, 0.1) is 5.41 Å². The van der Waals surface area contributed by atoms with Crippen molar-refractivity contribution in [3.63, 3.8) is 0 Å². The topological polar surface area (TPSA) is 161 Å². The number of allylic oxidation sites excluding steroid dienone is 4. The van der Waals surface area contributed by atoms with Crippen molar-refractivity contribution in [3.8, 4) is 16.9 Å². The Bertz CT molecular complexity index is 2080. The summed E-state index contributed by atoms with van der Waals surface area (Å²) in [5, 5.41) is 8.30. The van der Waals surface area contributed by atoms with E-state index in [9.17, 15) is 19.2 Å². The number of ether oxygens (including phenoxy) is 3. The predicted molar refractivity (Wildman–Crippen MR) is 233 cm³/mol. The SMILES string of the molecule is C=C[C@@](C)(/C=C/c1ccc(OCC(=O)N[C@@H](CCCCNC(=O)OCC2c3ccccc3-c3ccccc32)C(=O)N[C@@H](Cc2cnc[nH]2)C(=O)OC)cc1)CCC=C(C)C. The van der Waals surface area contributed by atoms with Gasteiger partial charge in [0.05, 0.1) is 13.4 Å². The second-order valence-corrected chi connectivity index (χ2v) is 15.5. The van der Waals surface area contributed by atoms with Crippen LogP contribution in [0.1, 0.15) is 81.2 Å². The van der Waals surface area contributed by atoms with Crippen LogP contribution in [-0.2, 0) is 30.3 Å². The Morgan fingerprint density at radius 2 is 1.63 bits per heavy atom. The summed E-state index contributed by atoms with van der Waals surface area (Å²) < 4.78 is 16.4. The smallest absolute Gasteiger partial charge is 0.407 e. The fourth-order valence-electron chi connectivity index (χ4n) is 7.08. The Balaban J connectivity index is 1.13. The third kappa shape index (κ3) is 13.0. The van der Waals surface area contributed by atoms with E-state index in [2.05, 4.69) is 89.7 Å². The number of rotatable bonds is 22. The maximum absolute atomic E-state index is 13.6. The molecule has 12 heteroatoms. The van der Waals surface area contributed by atoms with E-state index in [0.717, 1.165) is 40.7 Å². The monoisotopic (exact) mass is 815 g/mol. The van der Waals surface area contributed by atoms with E-state index in [4.69, 9.17) is 14.2 Å². The van der Waals surface area contributed by atoms with Crippen LogP contribution in [0.4, 0.5) is 4.79 Å².